The quantitative estimate of drug-likeness (QED) is 0.677. The first-order valence-electron chi connectivity index (χ1n) is 11.0. The Morgan fingerprint density at radius 1 is 1.21 bits per heavy atom. The lowest BCUT2D eigenvalue weighted by molar-refractivity contribution is -0.165. The first-order valence-corrected chi connectivity index (χ1v) is 11.0. The van der Waals surface area contributed by atoms with E-state index in [0.717, 1.165) is 82.4 Å². The highest BCUT2D eigenvalue weighted by atomic mass is 16.5. The molecule has 1 aliphatic carbocycles. The molecule has 0 bridgehead atoms. The van der Waals surface area contributed by atoms with Crippen LogP contribution in [0.25, 0.3) is 0 Å². The minimum Gasteiger partial charge on any atom is -0.493 e. The molecule has 28 heavy (non-hydrogen) atoms. The van der Waals surface area contributed by atoms with Gasteiger partial charge in [0.05, 0.1) is 26.1 Å². The minimum absolute atomic E-state index is 0.109. The van der Waals surface area contributed by atoms with Crippen molar-refractivity contribution in [1.29, 1.82) is 0 Å². The van der Waals surface area contributed by atoms with E-state index in [4.69, 9.17) is 14.2 Å². The molecule has 1 atom stereocenters. The van der Waals surface area contributed by atoms with Crippen LogP contribution in [0.1, 0.15) is 43.2 Å². The predicted octanol–water partition coefficient (Wildman–Crippen LogP) is 2.99. The topological polar surface area (TPSA) is 48.0 Å². The lowest BCUT2D eigenvalue weighted by Gasteiger charge is -2.50. The van der Waals surface area contributed by atoms with Crippen molar-refractivity contribution in [1.82, 2.24) is 4.90 Å². The van der Waals surface area contributed by atoms with Crippen LogP contribution in [0.5, 0.6) is 5.75 Å². The third-order valence-electron chi connectivity index (χ3n) is 6.86. The number of benzene rings is 1. The lowest BCUT2D eigenvalue weighted by Crippen LogP contribution is -2.66. The second-order valence-electron chi connectivity index (χ2n) is 9.03. The fraction of sp³-hybridized carbons (Fsp3) is 0.696. The molecule has 0 radical (unpaired) electrons. The molecular weight excluding hydrogens is 354 g/mol. The van der Waals surface area contributed by atoms with Gasteiger partial charge in [0.1, 0.15) is 11.4 Å². The van der Waals surface area contributed by atoms with Crippen molar-refractivity contribution in [2.75, 3.05) is 39.5 Å². The largest absolute Gasteiger partial charge is 0.493 e. The number of carbonyl (C=O) groups excluding carboxylic acids is 1. The third kappa shape index (κ3) is 3.79. The van der Waals surface area contributed by atoms with Crippen LogP contribution in [0, 0.1) is 11.8 Å². The van der Waals surface area contributed by atoms with E-state index in [1.807, 2.05) is 17.0 Å². The van der Waals surface area contributed by atoms with Gasteiger partial charge in [0.25, 0.3) is 0 Å². The Kier molecular flexibility index (Phi) is 5.06. The van der Waals surface area contributed by atoms with Gasteiger partial charge in [-0.3, -0.25) is 4.79 Å². The number of aryl methyl sites for hydroxylation is 1. The normalized spacial score (nSPS) is 25.3. The molecule has 1 saturated carbocycles. The van der Waals surface area contributed by atoms with Gasteiger partial charge in [0, 0.05) is 19.8 Å². The lowest BCUT2D eigenvalue weighted by atomic mass is 9.79. The standard InChI is InChI=1S/C23H31NO4/c25-22(13-18-5-6-21-19(12-18)2-1-9-27-21)24-15-23(16-24)20(8-11-28-23)7-10-26-14-17-3-4-17/h5-6,12,17,20H,1-4,7-11,13-16H2/t20-/m1/s1. The maximum absolute atomic E-state index is 12.8. The Morgan fingerprint density at radius 3 is 2.96 bits per heavy atom. The number of carbonyl (C=O) groups is 1. The van der Waals surface area contributed by atoms with Crippen molar-refractivity contribution in [3.05, 3.63) is 29.3 Å². The van der Waals surface area contributed by atoms with Gasteiger partial charge in [-0.15, -0.1) is 0 Å². The molecule has 3 heterocycles. The highest BCUT2D eigenvalue weighted by Gasteiger charge is 2.53. The molecule has 5 rings (SSSR count). The van der Waals surface area contributed by atoms with E-state index < -0.39 is 0 Å². The van der Waals surface area contributed by atoms with Crippen LogP contribution in [-0.4, -0.2) is 55.9 Å². The van der Waals surface area contributed by atoms with Gasteiger partial charge in [0.15, 0.2) is 0 Å². The SMILES string of the molecule is O=C(Cc1ccc2c(c1)CCCO2)N1CC2(C1)OCC[C@H]2CCOCC1CC1. The molecule has 5 heteroatoms. The molecule has 2 saturated heterocycles. The number of hydrogen-bond acceptors (Lipinski definition) is 4. The van der Waals surface area contributed by atoms with E-state index in [9.17, 15) is 4.79 Å². The zero-order valence-corrected chi connectivity index (χ0v) is 16.7. The Labute approximate surface area is 167 Å². The Bertz CT molecular complexity index is 723. The zero-order valence-electron chi connectivity index (χ0n) is 16.7. The molecule has 0 N–H and O–H groups in total. The van der Waals surface area contributed by atoms with Gasteiger partial charge in [-0.05, 0) is 67.6 Å². The van der Waals surface area contributed by atoms with E-state index in [0.29, 0.717) is 12.3 Å². The van der Waals surface area contributed by atoms with Crippen molar-refractivity contribution in [2.24, 2.45) is 11.8 Å². The summed E-state index contributed by atoms with van der Waals surface area (Å²) in [6.45, 7) is 4.86. The van der Waals surface area contributed by atoms with Crippen molar-refractivity contribution >= 4 is 5.91 Å². The fourth-order valence-electron chi connectivity index (χ4n) is 4.89. The van der Waals surface area contributed by atoms with E-state index in [1.165, 1.54) is 18.4 Å². The summed E-state index contributed by atoms with van der Waals surface area (Å²) in [5, 5.41) is 0. The summed E-state index contributed by atoms with van der Waals surface area (Å²) in [4.78, 5) is 14.7. The summed E-state index contributed by atoms with van der Waals surface area (Å²) in [6, 6.07) is 6.20. The van der Waals surface area contributed by atoms with Gasteiger partial charge in [-0.2, -0.15) is 0 Å². The summed E-state index contributed by atoms with van der Waals surface area (Å²) in [5.41, 5.74) is 2.22. The molecule has 1 aromatic rings. The fourth-order valence-corrected chi connectivity index (χ4v) is 4.89. The summed E-state index contributed by atoms with van der Waals surface area (Å²) < 4.78 is 17.6. The first-order chi connectivity index (χ1) is 13.7. The van der Waals surface area contributed by atoms with E-state index in [2.05, 4.69) is 6.07 Å². The maximum atomic E-state index is 12.8. The van der Waals surface area contributed by atoms with E-state index >= 15 is 0 Å². The molecule has 1 aromatic carbocycles. The van der Waals surface area contributed by atoms with Crippen LogP contribution < -0.4 is 4.74 Å². The molecule has 0 unspecified atom stereocenters. The van der Waals surface area contributed by atoms with Crippen LogP contribution in [0.15, 0.2) is 18.2 Å². The molecular formula is C23H31NO4. The van der Waals surface area contributed by atoms with Crippen LogP contribution in [0.3, 0.4) is 0 Å². The van der Waals surface area contributed by atoms with Crippen molar-refractivity contribution in [3.8, 4) is 5.75 Å². The molecule has 4 aliphatic rings. The summed E-state index contributed by atoms with van der Waals surface area (Å²) in [6.07, 6.45) is 7.40. The van der Waals surface area contributed by atoms with Gasteiger partial charge in [0.2, 0.25) is 5.91 Å². The van der Waals surface area contributed by atoms with Gasteiger partial charge in [-0.1, -0.05) is 12.1 Å². The maximum Gasteiger partial charge on any atom is 0.227 e. The number of fused-ring (bicyclic) bond motifs is 1. The zero-order chi connectivity index (χ0) is 19.0. The molecule has 3 aliphatic heterocycles. The Morgan fingerprint density at radius 2 is 2.11 bits per heavy atom. The average molecular weight is 386 g/mol. The second-order valence-corrected chi connectivity index (χ2v) is 9.03. The molecule has 3 fully saturated rings. The van der Waals surface area contributed by atoms with E-state index in [-0.39, 0.29) is 11.5 Å². The van der Waals surface area contributed by atoms with Crippen molar-refractivity contribution in [3.63, 3.8) is 0 Å². The summed E-state index contributed by atoms with van der Waals surface area (Å²) >= 11 is 0. The molecule has 5 nitrogen and oxygen atoms in total. The highest BCUT2D eigenvalue weighted by molar-refractivity contribution is 5.80. The second kappa shape index (κ2) is 7.68. The molecule has 0 aromatic heterocycles. The molecule has 1 amide bonds. The number of nitrogens with zero attached hydrogens (tertiary/aromatic N) is 1. The number of hydrogen-bond donors (Lipinski definition) is 0. The number of likely N-dealkylation sites (tertiary alicyclic amines) is 1. The van der Waals surface area contributed by atoms with Gasteiger partial charge in [-0.25, -0.2) is 0 Å². The number of amides is 1. The van der Waals surface area contributed by atoms with Crippen LogP contribution >= 0.6 is 0 Å². The average Bonchev–Trinajstić information content (AvgIpc) is 3.41. The summed E-state index contributed by atoms with van der Waals surface area (Å²) in [7, 11) is 0. The van der Waals surface area contributed by atoms with Crippen molar-refractivity contribution < 1.29 is 19.0 Å². The minimum atomic E-state index is -0.109. The van der Waals surface area contributed by atoms with Crippen LogP contribution in [0.4, 0.5) is 0 Å². The van der Waals surface area contributed by atoms with Gasteiger partial charge < -0.3 is 19.1 Å². The Balaban J connectivity index is 1.12. The third-order valence-corrected chi connectivity index (χ3v) is 6.86. The predicted molar refractivity (Wildman–Crippen MR) is 105 cm³/mol. The van der Waals surface area contributed by atoms with Crippen molar-refractivity contribution in [2.45, 2.75) is 50.5 Å². The summed E-state index contributed by atoms with van der Waals surface area (Å²) in [5.74, 6) is 2.54. The first kappa shape index (κ1) is 18.4. The van der Waals surface area contributed by atoms with Gasteiger partial charge >= 0.3 is 0 Å². The smallest absolute Gasteiger partial charge is 0.227 e. The monoisotopic (exact) mass is 385 g/mol. The Hall–Kier alpha value is -1.59. The molecule has 152 valence electrons. The van der Waals surface area contributed by atoms with E-state index in [1.54, 1.807) is 0 Å². The molecule has 1 spiro atoms. The number of rotatable bonds is 7. The number of ether oxygens (including phenoxy) is 3. The van der Waals surface area contributed by atoms with Crippen LogP contribution in [-0.2, 0) is 27.1 Å². The highest BCUT2D eigenvalue weighted by Crippen LogP contribution is 2.42. The van der Waals surface area contributed by atoms with Crippen LogP contribution in [0.2, 0.25) is 0 Å².